The molecule has 0 spiro atoms. The molecule has 0 unspecified atom stereocenters. The monoisotopic (exact) mass is 408 g/mol. The highest BCUT2D eigenvalue weighted by Crippen LogP contribution is 2.17. The molecule has 3 aromatic rings. The Bertz CT molecular complexity index is 1070. The topological polar surface area (TPSA) is 58.8 Å². The summed E-state index contributed by atoms with van der Waals surface area (Å²) in [4.78, 5) is 27.7. The molecule has 4 rings (SSSR count). The number of benzene rings is 1. The normalized spacial score (nSPS) is 17.6. The van der Waals surface area contributed by atoms with Gasteiger partial charge in [0.15, 0.2) is 0 Å². The first-order chi connectivity index (χ1) is 14.6. The van der Waals surface area contributed by atoms with Crippen molar-refractivity contribution in [3.63, 3.8) is 0 Å². The standard InChI is InChI=1S/C24H32N4O2/c1-19-9-4-5-15-26(19)16-8-14-25-23(29)13-7-18-28-21-11-3-2-10-20(21)27-17-6-12-22(27)24(28)30/h2-3,6,10-12,17,19H,4-5,7-9,13-16,18H2,1H3,(H,25,29)/t19-/m1/s1. The first kappa shape index (κ1) is 20.7. The van der Waals surface area contributed by atoms with Crippen LogP contribution in [0.5, 0.6) is 0 Å². The van der Waals surface area contributed by atoms with Gasteiger partial charge in [0.25, 0.3) is 5.56 Å². The van der Waals surface area contributed by atoms with Gasteiger partial charge in [-0.3, -0.25) is 9.59 Å². The van der Waals surface area contributed by atoms with Gasteiger partial charge in [0.05, 0.1) is 11.0 Å². The van der Waals surface area contributed by atoms with Gasteiger partial charge in [0.2, 0.25) is 5.91 Å². The maximum absolute atomic E-state index is 12.9. The number of amides is 1. The van der Waals surface area contributed by atoms with Crippen molar-refractivity contribution in [2.24, 2.45) is 0 Å². The van der Waals surface area contributed by atoms with Crippen molar-refractivity contribution in [3.05, 3.63) is 52.9 Å². The van der Waals surface area contributed by atoms with Crippen molar-refractivity contribution in [1.29, 1.82) is 0 Å². The lowest BCUT2D eigenvalue weighted by Crippen LogP contribution is -2.39. The number of rotatable bonds is 8. The fraction of sp³-hybridized carbons (Fsp3) is 0.500. The highest BCUT2D eigenvalue weighted by Gasteiger charge is 2.17. The number of fused-ring (bicyclic) bond motifs is 3. The van der Waals surface area contributed by atoms with Crippen LogP contribution in [0.2, 0.25) is 0 Å². The lowest BCUT2D eigenvalue weighted by molar-refractivity contribution is -0.121. The highest BCUT2D eigenvalue weighted by atomic mass is 16.1. The Morgan fingerprint density at radius 2 is 1.83 bits per heavy atom. The van der Waals surface area contributed by atoms with Crippen LogP contribution < -0.4 is 10.9 Å². The molecule has 6 heteroatoms. The van der Waals surface area contributed by atoms with Crippen LogP contribution in [0.25, 0.3) is 16.6 Å². The molecule has 1 aliphatic rings. The number of aromatic nitrogens is 2. The number of aryl methyl sites for hydroxylation is 1. The number of likely N-dealkylation sites (tertiary alicyclic amines) is 1. The van der Waals surface area contributed by atoms with Crippen LogP contribution in [0, 0.1) is 0 Å². The van der Waals surface area contributed by atoms with E-state index in [0.29, 0.717) is 30.9 Å². The predicted molar refractivity (Wildman–Crippen MR) is 121 cm³/mol. The summed E-state index contributed by atoms with van der Waals surface area (Å²) in [6.07, 6.45) is 7.91. The van der Waals surface area contributed by atoms with Crippen LogP contribution in [0.4, 0.5) is 0 Å². The summed E-state index contributed by atoms with van der Waals surface area (Å²) >= 11 is 0. The fourth-order valence-electron chi connectivity index (χ4n) is 4.62. The van der Waals surface area contributed by atoms with Gasteiger partial charge in [0, 0.05) is 38.3 Å². The minimum Gasteiger partial charge on any atom is -0.356 e. The molecule has 0 aliphatic carbocycles. The van der Waals surface area contributed by atoms with Crippen LogP contribution >= 0.6 is 0 Å². The van der Waals surface area contributed by atoms with Crippen molar-refractivity contribution < 1.29 is 4.79 Å². The van der Waals surface area contributed by atoms with Gasteiger partial charge >= 0.3 is 0 Å². The van der Waals surface area contributed by atoms with Gasteiger partial charge in [-0.25, -0.2) is 0 Å². The molecule has 1 atom stereocenters. The average Bonchev–Trinajstić information content (AvgIpc) is 3.25. The zero-order valence-corrected chi connectivity index (χ0v) is 17.8. The average molecular weight is 409 g/mol. The molecule has 160 valence electrons. The second-order valence-electron chi connectivity index (χ2n) is 8.40. The van der Waals surface area contributed by atoms with E-state index in [4.69, 9.17) is 0 Å². The Morgan fingerprint density at radius 1 is 1.03 bits per heavy atom. The van der Waals surface area contributed by atoms with E-state index in [1.54, 1.807) is 4.57 Å². The van der Waals surface area contributed by atoms with E-state index in [9.17, 15) is 9.59 Å². The first-order valence-electron chi connectivity index (χ1n) is 11.2. The van der Waals surface area contributed by atoms with Crippen molar-refractivity contribution in [1.82, 2.24) is 19.2 Å². The summed E-state index contributed by atoms with van der Waals surface area (Å²) in [6, 6.07) is 12.3. The molecule has 0 bridgehead atoms. The zero-order valence-electron chi connectivity index (χ0n) is 17.8. The Kier molecular flexibility index (Phi) is 6.53. The molecule has 1 N–H and O–H groups in total. The maximum Gasteiger partial charge on any atom is 0.275 e. The summed E-state index contributed by atoms with van der Waals surface area (Å²) in [6.45, 7) is 5.81. The number of para-hydroxylation sites is 2. The van der Waals surface area contributed by atoms with E-state index in [1.807, 2.05) is 47.0 Å². The third-order valence-electron chi connectivity index (χ3n) is 6.32. The number of nitrogens with zero attached hydrogens (tertiary/aromatic N) is 3. The minimum absolute atomic E-state index is 0.00485. The zero-order chi connectivity index (χ0) is 20.9. The SMILES string of the molecule is C[C@@H]1CCCCN1CCCNC(=O)CCCn1c(=O)c2cccn2c2ccccc21. The summed E-state index contributed by atoms with van der Waals surface area (Å²) in [5, 5.41) is 3.04. The van der Waals surface area contributed by atoms with Crippen molar-refractivity contribution in [3.8, 4) is 0 Å². The molecule has 0 radical (unpaired) electrons. The molecule has 2 aromatic heterocycles. The molecule has 1 fully saturated rings. The number of piperidine rings is 1. The number of nitrogens with one attached hydrogen (secondary N) is 1. The van der Waals surface area contributed by atoms with Crippen molar-refractivity contribution in [2.45, 2.75) is 58.0 Å². The van der Waals surface area contributed by atoms with E-state index >= 15 is 0 Å². The molecule has 3 heterocycles. The van der Waals surface area contributed by atoms with Crippen LogP contribution in [0.3, 0.4) is 0 Å². The van der Waals surface area contributed by atoms with Gasteiger partial charge in [-0.2, -0.15) is 0 Å². The van der Waals surface area contributed by atoms with E-state index in [-0.39, 0.29) is 11.5 Å². The smallest absolute Gasteiger partial charge is 0.275 e. The van der Waals surface area contributed by atoms with Gasteiger partial charge in [-0.1, -0.05) is 18.6 Å². The van der Waals surface area contributed by atoms with E-state index in [0.717, 1.165) is 30.5 Å². The Hall–Kier alpha value is -2.60. The molecular formula is C24H32N4O2. The molecule has 1 amide bonds. The lowest BCUT2D eigenvalue weighted by atomic mass is 10.0. The van der Waals surface area contributed by atoms with Gasteiger partial charge in [-0.05, 0) is 63.4 Å². The quantitative estimate of drug-likeness (QED) is 0.581. The lowest BCUT2D eigenvalue weighted by Gasteiger charge is -2.33. The third kappa shape index (κ3) is 4.43. The summed E-state index contributed by atoms with van der Waals surface area (Å²) in [7, 11) is 0. The fourth-order valence-corrected chi connectivity index (χ4v) is 4.62. The summed E-state index contributed by atoms with van der Waals surface area (Å²) in [5.74, 6) is 0.0720. The van der Waals surface area contributed by atoms with Crippen molar-refractivity contribution in [2.75, 3.05) is 19.6 Å². The molecule has 1 aromatic carbocycles. The molecule has 1 aliphatic heterocycles. The third-order valence-corrected chi connectivity index (χ3v) is 6.32. The Labute approximate surface area is 177 Å². The maximum atomic E-state index is 12.9. The largest absolute Gasteiger partial charge is 0.356 e. The molecule has 1 saturated heterocycles. The van der Waals surface area contributed by atoms with E-state index < -0.39 is 0 Å². The molecule has 0 saturated carbocycles. The summed E-state index contributed by atoms with van der Waals surface area (Å²) < 4.78 is 3.74. The van der Waals surface area contributed by atoms with Crippen LogP contribution in [-0.4, -0.2) is 45.5 Å². The van der Waals surface area contributed by atoms with Crippen molar-refractivity contribution >= 4 is 22.5 Å². The molecular weight excluding hydrogens is 376 g/mol. The minimum atomic E-state index is -0.00485. The summed E-state index contributed by atoms with van der Waals surface area (Å²) in [5.41, 5.74) is 2.58. The Morgan fingerprint density at radius 3 is 2.67 bits per heavy atom. The van der Waals surface area contributed by atoms with Crippen LogP contribution in [0.1, 0.15) is 45.4 Å². The first-order valence-corrected chi connectivity index (χ1v) is 11.2. The van der Waals surface area contributed by atoms with Gasteiger partial charge in [0.1, 0.15) is 5.52 Å². The van der Waals surface area contributed by atoms with Gasteiger partial charge < -0.3 is 19.2 Å². The van der Waals surface area contributed by atoms with Crippen LogP contribution in [0.15, 0.2) is 47.4 Å². The van der Waals surface area contributed by atoms with E-state index in [2.05, 4.69) is 17.1 Å². The number of carbonyl (C=O) groups excluding carboxylic acids is 1. The number of carbonyl (C=O) groups is 1. The van der Waals surface area contributed by atoms with Gasteiger partial charge in [-0.15, -0.1) is 0 Å². The number of hydrogen-bond donors (Lipinski definition) is 1. The highest BCUT2D eigenvalue weighted by molar-refractivity contribution is 5.79. The predicted octanol–water partition coefficient (Wildman–Crippen LogP) is 3.42. The Balaban J connectivity index is 1.29. The second-order valence-corrected chi connectivity index (χ2v) is 8.40. The molecule has 30 heavy (non-hydrogen) atoms. The second kappa shape index (κ2) is 9.47. The van der Waals surface area contributed by atoms with E-state index in [1.165, 1.54) is 25.8 Å². The van der Waals surface area contributed by atoms with Crippen LogP contribution in [-0.2, 0) is 11.3 Å². The number of hydrogen-bond acceptors (Lipinski definition) is 3. The molecule has 6 nitrogen and oxygen atoms in total.